The molecule has 1 aromatic heterocycles. The molecule has 0 bridgehead atoms. The molecule has 14 heavy (non-hydrogen) atoms. The molecule has 0 N–H and O–H groups in total. The van der Waals surface area contributed by atoms with Crippen molar-refractivity contribution in [2.75, 3.05) is 6.61 Å². The van der Waals surface area contributed by atoms with E-state index in [0.29, 0.717) is 6.61 Å². The summed E-state index contributed by atoms with van der Waals surface area (Å²) in [6.45, 7) is 2.18. The summed E-state index contributed by atoms with van der Waals surface area (Å²) in [4.78, 5) is 11.0. The van der Waals surface area contributed by atoms with Crippen LogP contribution in [-0.4, -0.2) is 12.6 Å². The summed E-state index contributed by atoms with van der Waals surface area (Å²) >= 11 is 8.34. The predicted octanol–water partition coefficient (Wildman–Crippen LogP) is 3.85. The Balaban J connectivity index is 2.69. The number of ether oxygens (including phenoxy) is 1. The van der Waals surface area contributed by atoms with E-state index in [2.05, 4.69) is 31.9 Å². The first-order valence-electron chi connectivity index (χ1n) is 3.92. The fourth-order valence-electron chi connectivity index (χ4n) is 0.793. The Morgan fingerprint density at radius 1 is 1.64 bits per heavy atom. The minimum Gasteiger partial charge on any atom is -0.463 e. The van der Waals surface area contributed by atoms with E-state index in [0.717, 1.165) is 13.8 Å². The van der Waals surface area contributed by atoms with Gasteiger partial charge in [-0.25, -0.2) is 4.79 Å². The first kappa shape index (κ1) is 11.9. The Bertz CT molecular complexity index is 358. The van der Waals surface area contributed by atoms with Gasteiger partial charge in [0.25, 0.3) is 0 Å². The maximum Gasteiger partial charge on any atom is 0.330 e. The summed E-state index contributed by atoms with van der Waals surface area (Å²) < 4.78 is 6.74. The molecule has 0 spiro atoms. The molecule has 0 unspecified atom stereocenters. The van der Waals surface area contributed by atoms with Crippen LogP contribution in [0.2, 0.25) is 0 Å². The molecule has 0 atom stereocenters. The highest BCUT2D eigenvalue weighted by atomic mass is 79.9. The van der Waals surface area contributed by atoms with E-state index >= 15 is 0 Å². The van der Waals surface area contributed by atoms with E-state index < -0.39 is 0 Å². The number of hydrogen-bond donors (Lipinski definition) is 0. The van der Waals surface area contributed by atoms with Crippen molar-refractivity contribution >= 4 is 55.2 Å². The summed E-state index contributed by atoms with van der Waals surface area (Å²) in [5.74, 6) is -0.318. The molecule has 0 aromatic carbocycles. The monoisotopic (exact) mass is 338 g/mol. The molecule has 1 rings (SSSR count). The fraction of sp³-hybridized carbons (Fsp3) is 0.222. The second kappa shape index (κ2) is 5.68. The lowest BCUT2D eigenvalue weighted by Crippen LogP contribution is -1.98. The maximum atomic E-state index is 11.0. The molecule has 76 valence electrons. The lowest BCUT2D eigenvalue weighted by Gasteiger charge is -1.94. The van der Waals surface area contributed by atoms with Crippen molar-refractivity contribution in [3.05, 3.63) is 25.3 Å². The zero-order valence-electron chi connectivity index (χ0n) is 7.42. The van der Waals surface area contributed by atoms with E-state index in [1.807, 2.05) is 5.38 Å². The molecule has 0 amide bonds. The van der Waals surface area contributed by atoms with Crippen LogP contribution in [0, 0.1) is 0 Å². The van der Waals surface area contributed by atoms with Crippen LogP contribution >= 0.6 is 43.2 Å². The molecule has 0 saturated heterocycles. The molecule has 5 heteroatoms. The lowest BCUT2D eigenvalue weighted by molar-refractivity contribution is -0.137. The van der Waals surface area contributed by atoms with Crippen LogP contribution in [0.15, 0.2) is 19.7 Å². The van der Waals surface area contributed by atoms with E-state index in [1.165, 1.54) is 6.08 Å². The highest BCUT2D eigenvalue weighted by Crippen LogP contribution is 2.33. The molecule has 0 saturated carbocycles. The molecule has 0 radical (unpaired) electrons. The van der Waals surface area contributed by atoms with Crippen LogP contribution in [0.5, 0.6) is 0 Å². The van der Waals surface area contributed by atoms with Gasteiger partial charge in [0.1, 0.15) is 0 Å². The Kier molecular flexibility index (Phi) is 4.84. The van der Waals surface area contributed by atoms with Gasteiger partial charge in [0, 0.05) is 21.5 Å². The SMILES string of the molecule is CCOC(=O)/C=C\c1csc(Br)c1Br. The number of carbonyl (C=O) groups excluding carboxylic acids is 1. The minimum absolute atomic E-state index is 0.318. The first-order chi connectivity index (χ1) is 6.65. The van der Waals surface area contributed by atoms with Crippen LogP contribution in [0.3, 0.4) is 0 Å². The Labute approximate surface area is 103 Å². The van der Waals surface area contributed by atoms with Gasteiger partial charge in [-0.2, -0.15) is 0 Å². The summed E-state index contributed by atoms with van der Waals surface area (Å²) in [5.41, 5.74) is 0.968. The average Bonchev–Trinajstić information content (AvgIpc) is 2.46. The number of rotatable bonds is 3. The third kappa shape index (κ3) is 3.22. The Hall–Kier alpha value is -0.130. The van der Waals surface area contributed by atoms with Gasteiger partial charge in [-0.3, -0.25) is 0 Å². The normalized spacial score (nSPS) is 10.8. The topological polar surface area (TPSA) is 26.3 Å². The number of thiophene rings is 1. The van der Waals surface area contributed by atoms with Crippen molar-refractivity contribution in [3.63, 3.8) is 0 Å². The average molecular weight is 340 g/mol. The molecule has 1 heterocycles. The summed E-state index contributed by atoms with van der Waals surface area (Å²) in [6, 6.07) is 0. The smallest absolute Gasteiger partial charge is 0.330 e. The maximum absolute atomic E-state index is 11.0. The Morgan fingerprint density at radius 2 is 2.36 bits per heavy atom. The number of halogens is 2. The van der Waals surface area contributed by atoms with Gasteiger partial charge in [-0.05, 0) is 44.9 Å². The highest BCUT2D eigenvalue weighted by molar-refractivity contribution is 9.13. The first-order valence-corrected chi connectivity index (χ1v) is 6.39. The molecule has 0 aliphatic rings. The summed E-state index contributed by atoms with van der Waals surface area (Å²) in [7, 11) is 0. The van der Waals surface area contributed by atoms with Crippen LogP contribution in [-0.2, 0) is 9.53 Å². The van der Waals surface area contributed by atoms with Crippen LogP contribution < -0.4 is 0 Å². The second-order valence-corrected chi connectivity index (χ2v) is 5.35. The zero-order valence-corrected chi connectivity index (χ0v) is 11.4. The zero-order chi connectivity index (χ0) is 10.6. The lowest BCUT2D eigenvalue weighted by atomic mass is 10.3. The second-order valence-electron chi connectivity index (χ2n) is 2.36. The quantitative estimate of drug-likeness (QED) is 0.617. The third-order valence-corrected chi connectivity index (χ3v) is 4.79. The largest absolute Gasteiger partial charge is 0.463 e. The third-order valence-electron chi connectivity index (χ3n) is 1.40. The standard InChI is InChI=1S/C9H8Br2O2S/c1-2-13-7(12)4-3-6-5-14-9(11)8(6)10/h3-5H,2H2,1H3/b4-3-. The molecule has 0 fully saturated rings. The van der Waals surface area contributed by atoms with Crippen LogP contribution in [0.1, 0.15) is 12.5 Å². The van der Waals surface area contributed by atoms with Crippen LogP contribution in [0.4, 0.5) is 0 Å². The number of hydrogen-bond acceptors (Lipinski definition) is 3. The molecule has 0 aliphatic heterocycles. The van der Waals surface area contributed by atoms with E-state index in [-0.39, 0.29) is 5.97 Å². The fourth-order valence-corrected chi connectivity index (χ4v) is 2.63. The summed E-state index contributed by atoms with van der Waals surface area (Å²) in [6.07, 6.45) is 3.14. The number of carbonyl (C=O) groups is 1. The van der Waals surface area contributed by atoms with Gasteiger partial charge < -0.3 is 4.74 Å². The molecule has 1 aromatic rings. The van der Waals surface area contributed by atoms with E-state index in [9.17, 15) is 4.79 Å². The minimum atomic E-state index is -0.318. The number of esters is 1. The van der Waals surface area contributed by atoms with Gasteiger partial charge in [0.05, 0.1) is 10.4 Å². The van der Waals surface area contributed by atoms with Crippen LogP contribution in [0.25, 0.3) is 6.08 Å². The van der Waals surface area contributed by atoms with Crippen molar-refractivity contribution in [2.45, 2.75) is 6.92 Å². The van der Waals surface area contributed by atoms with Gasteiger partial charge in [0.15, 0.2) is 0 Å². The molecule has 2 nitrogen and oxygen atoms in total. The van der Waals surface area contributed by atoms with Gasteiger partial charge in [-0.1, -0.05) is 0 Å². The molecular weight excluding hydrogens is 332 g/mol. The van der Waals surface area contributed by atoms with E-state index in [4.69, 9.17) is 4.74 Å². The van der Waals surface area contributed by atoms with Crippen molar-refractivity contribution in [1.82, 2.24) is 0 Å². The van der Waals surface area contributed by atoms with Gasteiger partial charge in [-0.15, -0.1) is 11.3 Å². The van der Waals surface area contributed by atoms with Gasteiger partial charge in [0.2, 0.25) is 0 Å². The van der Waals surface area contributed by atoms with Gasteiger partial charge >= 0.3 is 5.97 Å². The molecule has 0 aliphatic carbocycles. The van der Waals surface area contributed by atoms with Crippen molar-refractivity contribution in [2.24, 2.45) is 0 Å². The van der Waals surface area contributed by atoms with Crippen molar-refractivity contribution in [1.29, 1.82) is 0 Å². The van der Waals surface area contributed by atoms with E-state index in [1.54, 1.807) is 24.3 Å². The highest BCUT2D eigenvalue weighted by Gasteiger charge is 2.04. The van der Waals surface area contributed by atoms with Crippen molar-refractivity contribution in [3.8, 4) is 0 Å². The van der Waals surface area contributed by atoms with Crippen molar-refractivity contribution < 1.29 is 9.53 Å². The molecular formula is C9H8Br2O2S. The Morgan fingerprint density at radius 3 is 2.86 bits per heavy atom. The summed E-state index contributed by atoms with van der Waals surface area (Å²) in [5, 5.41) is 1.95. The predicted molar refractivity (Wildman–Crippen MR) is 65.4 cm³/mol.